The van der Waals surface area contributed by atoms with Gasteiger partial charge in [0.1, 0.15) is 11.3 Å². The van der Waals surface area contributed by atoms with Crippen LogP contribution >= 0.6 is 11.3 Å². The molecule has 150 valence electrons. The minimum absolute atomic E-state index is 0. The highest BCUT2D eigenvalue weighted by Gasteiger charge is 2.21. The van der Waals surface area contributed by atoms with E-state index in [1.165, 1.54) is 0 Å². The number of aromatic nitrogens is 1. The molecule has 1 aliphatic rings. The molecule has 0 spiro atoms. The number of morpholine rings is 1. The van der Waals surface area contributed by atoms with Crippen LogP contribution in [0.4, 0.5) is 5.13 Å². The summed E-state index contributed by atoms with van der Waals surface area (Å²) in [6.07, 6.45) is 1.37. The molecule has 1 aromatic carbocycles. The van der Waals surface area contributed by atoms with Gasteiger partial charge in [-0.2, -0.15) is 0 Å². The van der Waals surface area contributed by atoms with Crippen molar-refractivity contribution in [2.75, 3.05) is 50.9 Å². The van der Waals surface area contributed by atoms with E-state index in [0.717, 1.165) is 60.4 Å². The Hall–Kier alpha value is -1.41. The van der Waals surface area contributed by atoms with Crippen molar-refractivity contribution < 1.29 is 26.7 Å². The van der Waals surface area contributed by atoms with Crippen molar-refractivity contribution >= 4 is 32.6 Å². The maximum absolute atomic E-state index is 12.7. The number of ether oxygens (including phenoxy) is 2. The van der Waals surface area contributed by atoms with E-state index in [1.54, 1.807) is 11.3 Å². The maximum atomic E-state index is 12.7. The summed E-state index contributed by atoms with van der Waals surface area (Å²) in [6.45, 7) is 9.46. The van der Waals surface area contributed by atoms with Gasteiger partial charge in [0, 0.05) is 32.6 Å². The smallest absolute Gasteiger partial charge is 0.228 e. The van der Waals surface area contributed by atoms with Gasteiger partial charge >= 0.3 is 0 Å². The molecule has 1 saturated heterocycles. The highest BCUT2D eigenvalue weighted by molar-refractivity contribution is 7.22. The van der Waals surface area contributed by atoms with Crippen molar-refractivity contribution in [1.29, 1.82) is 0 Å². The molecular formula is C19H27ClN3O3S-. The zero-order valence-corrected chi connectivity index (χ0v) is 17.5. The number of fused-ring (bicyclic) bond motifs is 1. The summed E-state index contributed by atoms with van der Waals surface area (Å²) in [5.74, 6) is 0.918. The molecule has 0 atom stereocenters. The monoisotopic (exact) mass is 412 g/mol. The van der Waals surface area contributed by atoms with Crippen molar-refractivity contribution in [3.05, 3.63) is 18.2 Å². The highest BCUT2D eigenvalue weighted by Crippen LogP contribution is 2.34. The molecule has 0 bridgehead atoms. The fourth-order valence-electron chi connectivity index (χ4n) is 3.04. The van der Waals surface area contributed by atoms with Crippen LogP contribution in [0.3, 0.4) is 0 Å². The van der Waals surface area contributed by atoms with Crippen LogP contribution in [0.2, 0.25) is 0 Å². The zero-order chi connectivity index (χ0) is 18.4. The number of hydrogen-bond donors (Lipinski definition) is 0. The van der Waals surface area contributed by atoms with Gasteiger partial charge in [0.15, 0.2) is 5.13 Å². The van der Waals surface area contributed by atoms with E-state index >= 15 is 0 Å². The molecule has 1 aliphatic heterocycles. The lowest BCUT2D eigenvalue weighted by Crippen LogP contribution is -3.00. The second kappa shape index (κ2) is 10.8. The molecule has 2 aromatic rings. The Morgan fingerprint density at radius 2 is 2.11 bits per heavy atom. The molecule has 2 heterocycles. The van der Waals surface area contributed by atoms with E-state index in [1.807, 2.05) is 36.9 Å². The number of carbonyl (C=O) groups is 1. The number of rotatable bonds is 8. The fourth-order valence-corrected chi connectivity index (χ4v) is 4.07. The van der Waals surface area contributed by atoms with Gasteiger partial charge in [0.25, 0.3) is 0 Å². The van der Waals surface area contributed by atoms with Gasteiger partial charge in [-0.05, 0) is 25.5 Å². The summed E-state index contributed by atoms with van der Waals surface area (Å²) in [6, 6.07) is 5.94. The van der Waals surface area contributed by atoms with E-state index < -0.39 is 0 Å². The van der Waals surface area contributed by atoms with Crippen molar-refractivity contribution in [2.45, 2.75) is 26.7 Å². The predicted octanol–water partition coefficient (Wildman–Crippen LogP) is 0.164. The molecule has 8 heteroatoms. The first-order valence-corrected chi connectivity index (χ1v) is 10.2. The molecule has 3 rings (SSSR count). The molecule has 1 amide bonds. The lowest BCUT2D eigenvalue weighted by Gasteiger charge is -2.29. The minimum Gasteiger partial charge on any atom is -1.00 e. The first kappa shape index (κ1) is 21.9. The van der Waals surface area contributed by atoms with Crippen LogP contribution in [0.15, 0.2) is 18.2 Å². The van der Waals surface area contributed by atoms with E-state index in [4.69, 9.17) is 14.5 Å². The van der Waals surface area contributed by atoms with Crippen LogP contribution in [0.1, 0.15) is 26.7 Å². The molecule has 0 aliphatic carbocycles. The molecule has 0 N–H and O–H groups in total. The number of amides is 1. The molecule has 1 aromatic heterocycles. The summed E-state index contributed by atoms with van der Waals surface area (Å²) in [5.41, 5.74) is 0.843. The summed E-state index contributed by atoms with van der Waals surface area (Å²) >= 11 is 1.56. The number of benzene rings is 1. The van der Waals surface area contributed by atoms with Crippen LogP contribution in [-0.2, 0) is 9.53 Å². The molecule has 6 nitrogen and oxygen atoms in total. The quantitative estimate of drug-likeness (QED) is 0.618. The summed E-state index contributed by atoms with van der Waals surface area (Å²) in [5, 5.41) is 0.763. The lowest BCUT2D eigenvalue weighted by atomic mass is 10.3. The molecule has 27 heavy (non-hydrogen) atoms. The fraction of sp³-hybridized carbons (Fsp3) is 0.579. The molecule has 0 radical (unpaired) electrons. The first-order valence-electron chi connectivity index (χ1n) is 9.35. The molecular weight excluding hydrogens is 386 g/mol. The van der Waals surface area contributed by atoms with Gasteiger partial charge in [-0.15, -0.1) is 0 Å². The van der Waals surface area contributed by atoms with Gasteiger partial charge in [0.05, 0.1) is 24.5 Å². The SMILES string of the molecule is CCCC(=O)N(CCN1CCOCC1)c1nc2c(OCC)cccc2s1.[Cl-]. The van der Waals surface area contributed by atoms with E-state index in [0.29, 0.717) is 19.6 Å². The maximum Gasteiger partial charge on any atom is 0.228 e. The highest BCUT2D eigenvalue weighted by atomic mass is 35.5. The van der Waals surface area contributed by atoms with Crippen molar-refractivity contribution in [2.24, 2.45) is 0 Å². The Balaban J connectivity index is 0.00000261. The van der Waals surface area contributed by atoms with Gasteiger partial charge in [-0.1, -0.05) is 24.3 Å². The van der Waals surface area contributed by atoms with E-state index in [2.05, 4.69) is 4.90 Å². The Kier molecular flexibility index (Phi) is 8.76. The number of thiazole rings is 1. The minimum atomic E-state index is 0. The van der Waals surface area contributed by atoms with Crippen LogP contribution in [0.25, 0.3) is 10.2 Å². The van der Waals surface area contributed by atoms with E-state index in [9.17, 15) is 4.79 Å². The first-order chi connectivity index (χ1) is 12.7. The third-order valence-corrected chi connectivity index (χ3v) is 5.45. The molecule has 1 fully saturated rings. The second-order valence-corrected chi connectivity index (χ2v) is 7.29. The molecule has 0 saturated carbocycles. The largest absolute Gasteiger partial charge is 1.00 e. The third kappa shape index (κ3) is 5.54. The van der Waals surface area contributed by atoms with Crippen molar-refractivity contribution in [3.8, 4) is 5.75 Å². The summed E-state index contributed by atoms with van der Waals surface area (Å²) in [4.78, 5) is 21.7. The van der Waals surface area contributed by atoms with Gasteiger partial charge < -0.3 is 21.9 Å². The van der Waals surface area contributed by atoms with Crippen molar-refractivity contribution in [1.82, 2.24) is 9.88 Å². The number of para-hydroxylation sites is 1. The summed E-state index contributed by atoms with van der Waals surface area (Å²) in [7, 11) is 0. The normalized spacial score (nSPS) is 14.7. The number of anilines is 1. The van der Waals surface area contributed by atoms with Gasteiger partial charge in [-0.25, -0.2) is 4.98 Å². The van der Waals surface area contributed by atoms with Crippen LogP contribution in [0.5, 0.6) is 5.75 Å². The van der Waals surface area contributed by atoms with Crippen molar-refractivity contribution in [3.63, 3.8) is 0 Å². The average molecular weight is 413 g/mol. The average Bonchev–Trinajstić information content (AvgIpc) is 3.08. The van der Waals surface area contributed by atoms with Gasteiger partial charge in [-0.3, -0.25) is 14.6 Å². The predicted molar refractivity (Wildman–Crippen MR) is 105 cm³/mol. The van der Waals surface area contributed by atoms with Crippen LogP contribution < -0.4 is 22.0 Å². The Bertz CT molecular complexity index is 734. The topological polar surface area (TPSA) is 54.9 Å². The molecule has 0 unspecified atom stereocenters. The van der Waals surface area contributed by atoms with Crippen LogP contribution in [0, 0.1) is 0 Å². The van der Waals surface area contributed by atoms with Crippen LogP contribution in [-0.4, -0.2) is 61.8 Å². The number of carbonyl (C=O) groups excluding carboxylic acids is 1. The number of nitrogens with zero attached hydrogens (tertiary/aromatic N) is 3. The zero-order valence-electron chi connectivity index (χ0n) is 15.9. The lowest BCUT2D eigenvalue weighted by molar-refractivity contribution is -0.118. The Labute approximate surface area is 170 Å². The van der Waals surface area contributed by atoms with E-state index in [-0.39, 0.29) is 18.3 Å². The second-order valence-electron chi connectivity index (χ2n) is 6.28. The third-order valence-electron chi connectivity index (χ3n) is 4.41. The number of hydrogen-bond acceptors (Lipinski definition) is 6. The van der Waals surface area contributed by atoms with Gasteiger partial charge in [0.2, 0.25) is 5.91 Å². The summed E-state index contributed by atoms with van der Waals surface area (Å²) < 4.78 is 12.1. The standard InChI is InChI=1S/C19H27N3O3S.ClH/c1-3-6-17(23)22(10-9-21-11-13-24-14-12-21)19-20-18-15(25-4-2)7-5-8-16(18)26-19;/h5,7-8H,3-4,6,9-14H2,1-2H3;1H/p-1. The Morgan fingerprint density at radius 1 is 1.33 bits per heavy atom. The Morgan fingerprint density at radius 3 is 2.81 bits per heavy atom. The number of halogens is 1.